The summed E-state index contributed by atoms with van der Waals surface area (Å²) in [4.78, 5) is 11.7. The van der Waals surface area contributed by atoms with Crippen LogP contribution in [0.5, 0.6) is 0 Å². The van der Waals surface area contributed by atoms with Crippen LogP contribution in [-0.2, 0) is 11.2 Å². The number of hydrogen-bond acceptors (Lipinski definition) is 2. The Kier molecular flexibility index (Phi) is 4.58. The third-order valence-corrected chi connectivity index (χ3v) is 4.36. The predicted octanol–water partition coefficient (Wildman–Crippen LogP) is 2.41. The molecule has 1 aromatic rings. The van der Waals surface area contributed by atoms with Gasteiger partial charge in [-0.3, -0.25) is 4.79 Å². The molecule has 0 spiro atoms. The van der Waals surface area contributed by atoms with Gasteiger partial charge in [-0.2, -0.15) is 0 Å². The van der Waals surface area contributed by atoms with Gasteiger partial charge in [0.2, 0.25) is 5.91 Å². The number of carbonyl (C=O) groups is 1. The van der Waals surface area contributed by atoms with Gasteiger partial charge in [-0.25, -0.2) is 4.39 Å². The molecular formula is C14H17BrFNO2. The quantitative estimate of drug-likeness (QED) is 0.842. The average Bonchev–Trinajstić information content (AvgIpc) is 3.18. The van der Waals surface area contributed by atoms with Crippen LogP contribution in [0, 0.1) is 11.2 Å². The van der Waals surface area contributed by atoms with E-state index in [4.69, 9.17) is 5.11 Å². The number of aliphatic hydroxyl groups is 1. The minimum atomic E-state index is -0.296. The van der Waals surface area contributed by atoms with Crippen LogP contribution < -0.4 is 5.32 Å². The normalized spacial score (nSPS) is 16.2. The zero-order valence-electron chi connectivity index (χ0n) is 10.6. The molecule has 0 aromatic heterocycles. The van der Waals surface area contributed by atoms with E-state index in [0.29, 0.717) is 19.4 Å². The highest BCUT2D eigenvalue weighted by Crippen LogP contribution is 2.44. The molecule has 0 atom stereocenters. The summed E-state index contributed by atoms with van der Waals surface area (Å²) < 4.78 is 13.9. The van der Waals surface area contributed by atoms with Crippen molar-refractivity contribution in [1.82, 2.24) is 5.32 Å². The molecule has 1 aliphatic rings. The summed E-state index contributed by atoms with van der Waals surface area (Å²) in [7, 11) is 0. The maximum absolute atomic E-state index is 13.1. The topological polar surface area (TPSA) is 49.3 Å². The molecule has 1 fully saturated rings. The van der Waals surface area contributed by atoms with Crippen LogP contribution in [0.15, 0.2) is 22.7 Å². The van der Waals surface area contributed by atoms with Crippen molar-refractivity contribution in [3.63, 3.8) is 0 Å². The van der Waals surface area contributed by atoms with Crippen LogP contribution in [0.25, 0.3) is 0 Å². The fraction of sp³-hybridized carbons (Fsp3) is 0.500. The van der Waals surface area contributed by atoms with Crippen molar-refractivity contribution < 1.29 is 14.3 Å². The maximum atomic E-state index is 13.1. The average molecular weight is 330 g/mol. The molecule has 0 aliphatic heterocycles. The number of benzene rings is 1. The lowest BCUT2D eigenvalue weighted by Crippen LogP contribution is -2.31. The fourth-order valence-corrected chi connectivity index (χ4v) is 2.37. The largest absolute Gasteiger partial charge is 0.396 e. The van der Waals surface area contributed by atoms with E-state index in [1.165, 1.54) is 12.1 Å². The lowest BCUT2D eigenvalue weighted by Gasteiger charge is -2.12. The number of rotatable bonds is 6. The number of aryl methyl sites for hydroxylation is 1. The van der Waals surface area contributed by atoms with Crippen molar-refractivity contribution in [1.29, 1.82) is 0 Å². The van der Waals surface area contributed by atoms with E-state index in [-0.39, 0.29) is 23.7 Å². The summed E-state index contributed by atoms with van der Waals surface area (Å²) in [5.74, 6) is -0.355. The molecule has 5 heteroatoms. The van der Waals surface area contributed by atoms with Crippen LogP contribution in [0.3, 0.4) is 0 Å². The third-order valence-electron chi connectivity index (χ3n) is 3.58. The van der Waals surface area contributed by atoms with E-state index < -0.39 is 0 Å². The van der Waals surface area contributed by atoms with Gasteiger partial charge in [0.1, 0.15) is 5.82 Å². The van der Waals surface area contributed by atoms with Crippen molar-refractivity contribution in [3.05, 3.63) is 34.1 Å². The first kappa shape index (κ1) is 14.5. The number of amides is 1. The molecule has 1 aromatic carbocycles. The molecule has 0 saturated heterocycles. The summed E-state index contributed by atoms with van der Waals surface area (Å²) in [6, 6.07) is 4.47. The molecule has 0 heterocycles. The van der Waals surface area contributed by atoms with Gasteiger partial charge in [0.25, 0.3) is 0 Å². The van der Waals surface area contributed by atoms with E-state index >= 15 is 0 Å². The zero-order valence-corrected chi connectivity index (χ0v) is 12.2. The first-order valence-corrected chi connectivity index (χ1v) is 7.15. The number of carbonyl (C=O) groups excluding carboxylic acids is 1. The minimum absolute atomic E-state index is 0.0594. The van der Waals surface area contributed by atoms with E-state index in [0.717, 1.165) is 22.9 Å². The monoisotopic (exact) mass is 329 g/mol. The molecular weight excluding hydrogens is 313 g/mol. The Labute approximate surface area is 120 Å². The van der Waals surface area contributed by atoms with E-state index in [9.17, 15) is 9.18 Å². The Bertz CT molecular complexity index is 475. The van der Waals surface area contributed by atoms with E-state index in [1.54, 1.807) is 6.07 Å². The third kappa shape index (κ3) is 4.01. The molecule has 0 bridgehead atoms. The molecule has 1 aliphatic carbocycles. The van der Waals surface area contributed by atoms with Crippen molar-refractivity contribution in [3.8, 4) is 0 Å². The summed E-state index contributed by atoms with van der Waals surface area (Å²) in [5.41, 5.74) is 0.716. The summed E-state index contributed by atoms with van der Waals surface area (Å²) >= 11 is 3.34. The minimum Gasteiger partial charge on any atom is -0.396 e. The maximum Gasteiger partial charge on any atom is 0.220 e. The Balaban J connectivity index is 1.78. The second-order valence-corrected chi connectivity index (χ2v) is 6.02. The molecule has 104 valence electrons. The van der Waals surface area contributed by atoms with Crippen molar-refractivity contribution in [2.45, 2.75) is 25.7 Å². The second kappa shape index (κ2) is 6.01. The van der Waals surface area contributed by atoms with Crippen molar-refractivity contribution in [2.75, 3.05) is 13.2 Å². The van der Waals surface area contributed by atoms with Gasteiger partial charge in [-0.1, -0.05) is 15.9 Å². The Morgan fingerprint density at radius 3 is 2.84 bits per heavy atom. The SMILES string of the molecule is O=C(CCc1cc(F)ccc1Br)NCC1(CO)CC1. The number of nitrogens with one attached hydrogen (secondary N) is 1. The van der Waals surface area contributed by atoms with Gasteiger partial charge in [0, 0.05) is 22.9 Å². The lowest BCUT2D eigenvalue weighted by molar-refractivity contribution is -0.121. The van der Waals surface area contributed by atoms with Gasteiger partial charge in [0.15, 0.2) is 0 Å². The highest BCUT2D eigenvalue weighted by Gasteiger charge is 2.41. The molecule has 2 rings (SSSR count). The fourth-order valence-electron chi connectivity index (χ4n) is 1.93. The van der Waals surface area contributed by atoms with Crippen LogP contribution >= 0.6 is 15.9 Å². The highest BCUT2D eigenvalue weighted by molar-refractivity contribution is 9.10. The van der Waals surface area contributed by atoms with Gasteiger partial charge < -0.3 is 10.4 Å². The summed E-state index contributed by atoms with van der Waals surface area (Å²) in [6.07, 6.45) is 2.76. The molecule has 0 radical (unpaired) electrons. The predicted molar refractivity (Wildman–Crippen MR) is 74.2 cm³/mol. The van der Waals surface area contributed by atoms with Crippen LogP contribution in [-0.4, -0.2) is 24.2 Å². The smallest absolute Gasteiger partial charge is 0.220 e. The number of hydrogen-bond donors (Lipinski definition) is 2. The van der Waals surface area contributed by atoms with Gasteiger partial charge in [-0.05, 0) is 43.0 Å². The Hall–Kier alpha value is -0.940. The lowest BCUT2D eigenvalue weighted by atomic mass is 10.1. The van der Waals surface area contributed by atoms with Gasteiger partial charge in [-0.15, -0.1) is 0 Å². The first-order valence-electron chi connectivity index (χ1n) is 6.36. The second-order valence-electron chi connectivity index (χ2n) is 5.17. The van der Waals surface area contributed by atoms with Crippen LogP contribution in [0.4, 0.5) is 4.39 Å². The molecule has 0 unspecified atom stereocenters. The Morgan fingerprint density at radius 2 is 2.21 bits per heavy atom. The van der Waals surface area contributed by atoms with E-state index in [2.05, 4.69) is 21.2 Å². The summed E-state index contributed by atoms with van der Waals surface area (Å²) in [5, 5.41) is 12.0. The van der Waals surface area contributed by atoms with Crippen LogP contribution in [0.2, 0.25) is 0 Å². The zero-order chi connectivity index (χ0) is 13.9. The van der Waals surface area contributed by atoms with Gasteiger partial charge in [0.05, 0.1) is 6.61 Å². The number of aliphatic hydroxyl groups excluding tert-OH is 1. The first-order chi connectivity index (χ1) is 9.04. The van der Waals surface area contributed by atoms with Crippen molar-refractivity contribution >= 4 is 21.8 Å². The van der Waals surface area contributed by atoms with Gasteiger partial charge >= 0.3 is 0 Å². The molecule has 2 N–H and O–H groups in total. The molecule has 1 amide bonds. The number of halogens is 2. The highest BCUT2D eigenvalue weighted by atomic mass is 79.9. The van der Waals surface area contributed by atoms with Crippen molar-refractivity contribution in [2.24, 2.45) is 5.41 Å². The standard InChI is InChI=1S/C14H17BrFNO2/c15-12-3-2-11(16)7-10(12)1-4-13(19)17-8-14(9-18)5-6-14/h2-3,7,18H,1,4-6,8-9H2,(H,17,19). The molecule has 1 saturated carbocycles. The molecule has 3 nitrogen and oxygen atoms in total. The Morgan fingerprint density at radius 1 is 1.47 bits per heavy atom. The van der Waals surface area contributed by atoms with E-state index in [1.807, 2.05) is 0 Å². The van der Waals surface area contributed by atoms with Crippen LogP contribution in [0.1, 0.15) is 24.8 Å². The summed E-state index contributed by atoms with van der Waals surface area (Å²) in [6.45, 7) is 0.662. The molecule has 19 heavy (non-hydrogen) atoms.